The fourth-order valence-electron chi connectivity index (χ4n) is 4.61. The van der Waals surface area contributed by atoms with Crippen LogP contribution >= 0.6 is 35.3 Å². The summed E-state index contributed by atoms with van der Waals surface area (Å²) in [5.41, 5.74) is 0.206. The number of aromatic nitrogens is 3. The Kier molecular flexibility index (Phi) is 7.95. The predicted octanol–water partition coefficient (Wildman–Crippen LogP) is 4.56. The van der Waals surface area contributed by atoms with Crippen molar-refractivity contribution in [1.29, 1.82) is 0 Å². The minimum atomic E-state index is 0. The van der Waals surface area contributed by atoms with E-state index in [9.17, 15) is 0 Å². The van der Waals surface area contributed by atoms with Crippen LogP contribution in [-0.2, 0) is 12.0 Å². The Hall–Kier alpha value is -1.16. The van der Waals surface area contributed by atoms with Crippen LogP contribution in [0.25, 0.3) is 0 Å². The molecule has 2 N–H and O–H groups in total. The van der Waals surface area contributed by atoms with Gasteiger partial charge < -0.3 is 10.6 Å². The zero-order valence-corrected chi connectivity index (χ0v) is 20.6. The summed E-state index contributed by atoms with van der Waals surface area (Å²) in [5, 5.41) is 13.8. The van der Waals surface area contributed by atoms with E-state index in [0.29, 0.717) is 0 Å². The van der Waals surface area contributed by atoms with Crippen molar-refractivity contribution in [3.05, 3.63) is 34.0 Å². The number of aliphatic imine (C=N–C) groups is 1. The van der Waals surface area contributed by atoms with Crippen LogP contribution in [-0.4, -0.2) is 33.8 Å². The topological polar surface area (TPSA) is 67.1 Å². The summed E-state index contributed by atoms with van der Waals surface area (Å²) in [6.07, 6.45) is 8.64. The third-order valence-electron chi connectivity index (χ3n) is 6.03. The van der Waals surface area contributed by atoms with Gasteiger partial charge in [-0.25, -0.2) is 9.67 Å². The van der Waals surface area contributed by atoms with Gasteiger partial charge in [0.2, 0.25) is 0 Å². The van der Waals surface area contributed by atoms with Crippen molar-refractivity contribution < 1.29 is 0 Å². The number of nitrogens with zero attached hydrogens (tertiary/aromatic N) is 4. The summed E-state index contributed by atoms with van der Waals surface area (Å²) in [6.45, 7) is 6.76. The van der Waals surface area contributed by atoms with E-state index in [1.54, 1.807) is 0 Å². The lowest BCUT2D eigenvalue weighted by Crippen LogP contribution is -2.43. The summed E-state index contributed by atoms with van der Waals surface area (Å²) < 4.78 is 2.05. The zero-order valence-electron chi connectivity index (χ0n) is 17.5. The van der Waals surface area contributed by atoms with Crippen LogP contribution in [0, 0.1) is 6.92 Å². The second-order valence-electron chi connectivity index (χ2n) is 8.09. The highest BCUT2D eigenvalue weighted by molar-refractivity contribution is 14.0. The molecule has 1 fully saturated rings. The summed E-state index contributed by atoms with van der Waals surface area (Å²) in [4.78, 5) is 11.2. The van der Waals surface area contributed by atoms with Crippen molar-refractivity contribution in [1.82, 2.24) is 25.4 Å². The number of aryl methyl sites for hydroxylation is 2. The number of guanidine groups is 1. The quantitative estimate of drug-likeness (QED) is 0.339. The van der Waals surface area contributed by atoms with Gasteiger partial charge in [-0.05, 0) is 51.0 Å². The third kappa shape index (κ3) is 5.13. The van der Waals surface area contributed by atoms with Gasteiger partial charge in [-0.1, -0.05) is 25.3 Å². The SMILES string of the molecule is CCNC(=NCC1(c2cccs2)CCCCC1)NC1CCCn2nc(C)nc21.I. The lowest BCUT2D eigenvalue weighted by atomic mass is 9.73. The van der Waals surface area contributed by atoms with Crippen molar-refractivity contribution in [2.75, 3.05) is 13.1 Å². The Labute approximate surface area is 195 Å². The third-order valence-corrected chi connectivity index (χ3v) is 7.15. The van der Waals surface area contributed by atoms with Gasteiger partial charge in [0.05, 0.1) is 12.6 Å². The van der Waals surface area contributed by atoms with Crippen LogP contribution in [0.5, 0.6) is 0 Å². The first-order chi connectivity index (χ1) is 13.7. The lowest BCUT2D eigenvalue weighted by molar-refractivity contribution is 0.306. The van der Waals surface area contributed by atoms with Crippen LogP contribution in [0.3, 0.4) is 0 Å². The first-order valence-electron chi connectivity index (χ1n) is 10.7. The smallest absolute Gasteiger partial charge is 0.191 e. The maximum Gasteiger partial charge on any atom is 0.191 e. The van der Waals surface area contributed by atoms with E-state index >= 15 is 0 Å². The molecule has 8 heteroatoms. The summed E-state index contributed by atoms with van der Waals surface area (Å²) in [6, 6.07) is 4.66. The molecule has 0 amide bonds. The molecular weight excluding hydrogens is 495 g/mol. The molecule has 0 aromatic carbocycles. The van der Waals surface area contributed by atoms with Crippen LogP contribution in [0.1, 0.15) is 74.4 Å². The molecule has 1 aliphatic heterocycles. The molecule has 2 aliphatic rings. The van der Waals surface area contributed by atoms with Gasteiger partial charge in [0.15, 0.2) is 5.96 Å². The van der Waals surface area contributed by atoms with Crippen molar-refractivity contribution >= 4 is 41.3 Å². The van der Waals surface area contributed by atoms with Gasteiger partial charge in [0, 0.05) is 23.4 Å². The highest BCUT2D eigenvalue weighted by atomic mass is 127. The fraction of sp³-hybridized carbons (Fsp3) is 0.667. The van der Waals surface area contributed by atoms with Crippen LogP contribution in [0.15, 0.2) is 22.5 Å². The zero-order chi connectivity index (χ0) is 19.4. The molecule has 3 heterocycles. The van der Waals surface area contributed by atoms with Crippen LogP contribution in [0.2, 0.25) is 0 Å². The largest absolute Gasteiger partial charge is 0.357 e. The molecule has 160 valence electrons. The second-order valence-corrected chi connectivity index (χ2v) is 9.04. The normalized spacial score (nSPS) is 21.2. The second kappa shape index (κ2) is 10.2. The highest BCUT2D eigenvalue weighted by Crippen LogP contribution is 2.41. The van der Waals surface area contributed by atoms with Gasteiger partial charge in [-0.15, -0.1) is 35.3 Å². The van der Waals surface area contributed by atoms with E-state index in [1.165, 1.54) is 37.0 Å². The van der Waals surface area contributed by atoms with E-state index in [1.807, 2.05) is 22.9 Å². The number of halogens is 1. The standard InChI is InChI=1S/C21H32N6S.HI/c1-3-22-20(25-17-9-7-13-27-19(17)24-16(2)26-27)23-15-21(11-5-4-6-12-21)18-10-8-14-28-18;/h8,10,14,17H,3-7,9,11-13,15H2,1-2H3,(H2,22,23,25);1H. The van der Waals surface area contributed by atoms with E-state index in [4.69, 9.17) is 4.99 Å². The highest BCUT2D eigenvalue weighted by Gasteiger charge is 2.35. The first-order valence-corrected chi connectivity index (χ1v) is 11.6. The number of fused-ring (bicyclic) bond motifs is 1. The molecular formula is C21H33IN6S. The molecule has 0 radical (unpaired) electrons. The van der Waals surface area contributed by atoms with E-state index in [-0.39, 0.29) is 35.4 Å². The molecule has 1 unspecified atom stereocenters. The summed E-state index contributed by atoms with van der Waals surface area (Å²) in [5.74, 6) is 2.80. The van der Waals surface area contributed by atoms with Gasteiger partial charge >= 0.3 is 0 Å². The predicted molar refractivity (Wildman–Crippen MR) is 130 cm³/mol. The molecule has 0 bridgehead atoms. The van der Waals surface area contributed by atoms with Gasteiger partial charge in [-0.2, -0.15) is 5.10 Å². The molecule has 0 spiro atoms. The Morgan fingerprint density at radius 1 is 1.31 bits per heavy atom. The molecule has 4 rings (SSSR count). The number of thiophene rings is 1. The van der Waals surface area contributed by atoms with Crippen LogP contribution in [0.4, 0.5) is 0 Å². The van der Waals surface area contributed by atoms with Crippen molar-refractivity contribution in [3.63, 3.8) is 0 Å². The Morgan fingerprint density at radius 2 is 2.14 bits per heavy atom. The van der Waals surface area contributed by atoms with Gasteiger partial charge in [0.25, 0.3) is 0 Å². The molecule has 6 nitrogen and oxygen atoms in total. The van der Waals surface area contributed by atoms with E-state index in [2.05, 4.69) is 45.2 Å². The number of nitrogens with one attached hydrogen (secondary N) is 2. The molecule has 1 aliphatic carbocycles. The Morgan fingerprint density at radius 3 is 2.86 bits per heavy atom. The maximum absolute atomic E-state index is 5.08. The molecule has 1 saturated carbocycles. The Bertz CT molecular complexity index is 794. The minimum absolute atomic E-state index is 0. The van der Waals surface area contributed by atoms with Gasteiger partial charge in [-0.3, -0.25) is 4.99 Å². The maximum atomic E-state index is 5.08. The number of hydrogen-bond donors (Lipinski definition) is 2. The van der Waals surface area contributed by atoms with Crippen molar-refractivity contribution in [3.8, 4) is 0 Å². The summed E-state index contributed by atoms with van der Waals surface area (Å²) >= 11 is 1.89. The molecule has 0 saturated heterocycles. The minimum Gasteiger partial charge on any atom is -0.357 e. The van der Waals surface area contributed by atoms with Gasteiger partial charge in [0.1, 0.15) is 11.6 Å². The van der Waals surface area contributed by atoms with Crippen molar-refractivity contribution in [2.45, 2.75) is 76.8 Å². The molecule has 2 aromatic heterocycles. The van der Waals surface area contributed by atoms with E-state index < -0.39 is 0 Å². The monoisotopic (exact) mass is 528 g/mol. The lowest BCUT2D eigenvalue weighted by Gasteiger charge is -2.35. The number of hydrogen-bond acceptors (Lipinski definition) is 4. The molecule has 1 atom stereocenters. The average molecular weight is 529 g/mol. The van der Waals surface area contributed by atoms with E-state index in [0.717, 1.165) is 50.1 Å². The average Bonchev–Trinajstić information content (AvgIpc) is 3.37. The summed E-state index contributed by atoms with van der Waals surface area (Å²) in [7, 11) is 0. The Balaban J connectivity index is 0.00000240. The molecule has 29 heavy (non-hydrogen) atoms. The fourth-order valence-corrected chi connectivity index (χ4v) is 5.59. The molecule has 2 aromatic rings. The number of rotatable bonds is 5. The van der Waals surface area contributed by atoms with Crippen molar-refractivity contribution in [2.24, 2.45) is 4.99 Å². The first kappa shape index (κ1) is 22.5. The van der Waals surface area contributed by atoms with Crippen LogP contribution < -0.4 is 10.6 Å².